The molecule has 1 aromatic heterocycles. The van der Waals surface area contributed by atoms with Gasteiger partial charge in [-0.25, -0.2) is 9.42 Å². The van der Waals surface area contributed by atoms with Crippen molar-refractivity contribution in [3.63, 3.8) is 0 Å². The first-order valence-electron chi connectivity index (χ1n) is 8.14. The smallest absolute Gasteiger partial charge is 0.332 e. The number of rotatable bonds is 4. The van der Waals surface area contributed by atoms with Gasteiger partial charge in [0.05, 0.1) is 4.92 Å². The molecule has 0 saturated carbocycles. The minimum absolute atomic E-state index is 0.00155. The van der Waals surface area contributed by atoms with Crippen LogP contribution in [0.2, 0.25) is 5.02 Å². The van der Waals surface area contributed by atoms with E-state index in [0.29, 0.717) is 36.9 Å². The zero-order valence-corrected chi connectivity index (χ0v) is 15.5. The Balaban J connectivity index is 1.80. The third kappa shape index (κ3) is 4.11. The predicted octanol–water partition coefficient (Wildman–Crippen LogP) is 1.26. The second-order valence-corrected chi connectivity index (χ2v) is 6.30. The zero-order valence-electron chi connectivity index (χ0n) is 14.7. The molecule has 0 spiro atoms. The molecule has 0 bridgehead atoms. The number of halogens is 1. The molecule has 1 fully saturated rings. The molecule has 1 saturated heterocycles. The Morgan fingerprint density at radius 1 is 1.36 bits per heavy atom. The first-order valence-corrected chi connectivity index (χ1v) is 8.52. The number of nitro groups is 1. The summed E-state index contributed by atoms with van der Waals surface area (Å²) in [5, 5.41) is 22.6. The SMILES string of the molecule is CC(=O)O/N=C(/c1nonc1N)N1CCN(c2ccc(Cl)cc2[N+](=O)[O-])CC1. The summed E-state index contributed by atoms with van der Waals surface area (Å²) in [6.07, 6.45) is 0. The third-order valence-corrected chi connectivity index (χ3v) is 4.28. The van der Waals surface area contributed by atoms with Gasteiger partial charge in [0, 0.05) is 44.2 Å². The van der Waals surface area contributed by atoms with E-state index in [-0.39, 0.29) is 23.0 Å². The molecule has 2 N–H and O–H groups in total. The van der Waals surface area contributed by atoms with Gasteiger partial charge in [0.15, 0.2) is 11.5 Å². The summed E-state index contributed by atoms with van der Waals surface area (Å²) < 4.78 is 4.60. The molecule has 1 aliphatic heterocycles. The molecule has 0 radical (unpaired) electrons. The fourth-order valence-electron chi connectivity index (χ4n) is 2.78. The molecule has 3 rings (SSSR count). The number of nitrogen functional groups attached to an aromatic ring is 1. The van der Waals surface area contributed by atoms with Gasteiger partial charge in [-0.3, -0.25) is 10.1 Å². The quantitative estimate of drug-likeness (QED) is 0.256. The van der Waals surface area contributed by atoms with Gasteiger partial charge in [-0.05, 0) is 22.4 Å². The summed E-state index contributed by atoms with van der Waals surface area (Å²) in [6.45, 7) is 2.90. The number of anilines is 2. The Kier molecular flexibility index (Phi) is 5.59. The highest BCUT2D eigenvalue weighted by Crippen LogP contribution is 2.31. The minimum atomic E-state index is -0.608. The predicted molar refractivity (Wildman–Crippen MR) is 98.9 cm³/mol. The van der Waals surface area contributed by atoms with E-state index in [2.05, 4.69) is 20.1 Å². The standard InChI is InChI=1S/C15H16ClN7O5/c1-9(24)27-20-15(13-14(17)19-28-18-13)22-6-4-21(5-7-22)11-3-2-10(16)8-12(11)23(25)26/h2-3,8H,4-7H2,1H3,(H2,17,19)/b20-15-. The van der Waals surface area contributed by atoms with Crippen LogP contribution in [0.4, 0.5) is 17.2 Å². The van der Waals surface area contributed by atoms with Crippen molar-refractivity contribution in [3.05, 3.63) is 39.0 Å². The molecule has 28 heavy (non-hydrogen) atoms. The summed E-state index contributed by atoms with van der Waals surface area (Å²) in [5.74, 6) is -0.413. The maximum Gasteiger partial charge on any atom is 0.332 e. The van der Waals surface area contributed by atoms with Crippen LogP contribution in [0.15, 0.2) is 28.0 Å². The number of hydrogen-bond donors (Lipinski definition) is 1. The highest BCUT2D eigenvalue weighted by Gasteiger charge is 2.28. The van der Waals surface area contributed by atoms with Crippen molar-refractivity contribution in [1.82, 2.24) is 15.2 Å². The van der Waals surface area contributed by atoms with Crippen molar-refractivity contribution in [2.45, 2.75) is 6.92 Å². The Morgan fingerprint density at radius 3 is 2.64 bits per heavy atom. The van der Waals surface area contributed by atoms with E-state index < -0.39 is 10.9 Å². The molecule has 13 heteroatoms. The molecule has 1 aliphatic rings. The number of carbonyl (C=O) groups excluding carboxylic acids is 1. The monoisotopic (exact) mass is 409 g/mol. The fourth-order valence-corrected chi connectivity index (χ4v) is 2.94. The fraction of sp³-hybridized carbons (Fsp3) is 0.333. The van der Waals surface area contributed by atoms with Crippen LogP contribution in [0.5, 0.6) is 0 Å². The lowest BCUT2D eigenvalue weighted by Gasteiger charge is -2.36. The number of piperazine rings is 1. The average Bonchev–Trinajstić information content (AvgIpc) is 3.08. The lowest BCUT2D eigenvalue weighted by molar-refractivity contribution is -0.384. The second kappa shape index (κ2) is 8.08. The Bertz CT molecular complexity index is 923. The van der Waals surface area contributed by atoms with E-state index in [4.69, 9.17) is 22.2 Å². The van der Waals surface area contributed by atoms with Crippen molar-refractivity contribution in [3.8, 4) is 0 Å². The van der Waals surface area contributed by atoms with Gasteiger partial charge < -0.3 is 20.4 Å². The van der Waals surface area contributed by atoms with Crippen LogP contribution >= 0.6 is 11.6 Å². The number of oxime groups is 1. The molecule has 2 heterocycles. The molecule has 1 aromatic carbocycles. The van der Waals surface area contributed by atoms with Crippen molar-refractivity contribution in [1.29, 1.82) is 0 Å². The van der Waals surface area contributed by atoms with Crippen molar-refractivity contribution >= 4 is 40.6 Å². The van der Waals surface area contributed by atoms with Crippen LogP contribution in [0.25, 0.3) is 0 Å². The number of nitrogens with zero attached hydrogens (tertiary/aromatic N) is 6. The summed E-state index contributed by atoms with van der Waals surface area (Å²) in [7, 11) is 0. The number of aromatic nitrogens is 2. The van der Waals surface area contributed by atoms with Gasteiger partial charge in [-0.15, -0.1) is 0 Å². The lowest BCUT2D eigenvalue weighted by Crippen LogP contribution is -2.49. The first-order chi connectivity index (χ1) is 13.4. The maximum absolute atomic E-state index is 11.3. The van der Waals surface area contributed by atoms with Crippen molar-refractivity contribution in [2.75, 3.05) is 36.8 Å². The van der Waals surface area contributed by atoms with Gasteiger partial charge in [0.2, 0.25) is 5.84 Å². The lowest BCUT2D eigenvalue weighted by atomic mass is 10.2. The minimum Gasteiger partial charge on any atom is -0.379 e. The maximum atomic E-state index is 11.3. The summed E-state index contributed by atoms with van der Waals surface area (Å²) in [4.78, 5) is 30.4. The van der Waals surface area contributed by atoms with E-state index >= 15 is 0 Å². The van der Waals surface area contributed by atoms with Crippen molar-refractivity contribution < 1.29 is 19.2 Å². The van der Waals surface area contributed by atoms with Gasteiger partial charge in [0.25, 0.3) is 5.69 Å². The van der Waals surface area contributed by atoms with Gasteiger partial charge in [0.1, 0.15) is 5.69 Å². The summed E-state index contributed by atoms with van der Waals surface area (Å²) >= 11 is 5.87. The normalized spacial score (nSPS) is 14.9. The van der Waals surface area contributed by atoms with Crippen LogP contribution < -0.4 is 10.6 Å². The van der Waals surface area contributed by atoms with Crippen LogP contribution in [-0.4, -0.2) is 58.1 Å². The van der Waals surface area contributed by atoms with E-state index in [0.717, 1.165) is 0 Å². The third-order valence-electron chi connectivity index (χ3n) is 4.04. The molecule has 148 valence electrons. The van der Waals surface area contributed by atoms with Crippen LogP contribution in [-0.2, 0) is 9.63 Å². The largest absolute Gasteiger partial charge is 0.379 e. The first kappa shape index (κ1) is 19.4. The molecule has 2 aromatic rings. The number of benzene rings is 1. The van der Waals surface area contributed by atoms with E-state index in [1.165, 1.54) is 13.0 Å². The van der Waals surface area contributed by atoms with Crippen LogP contribution in [0.1, 0.15) is 12.6 Å². The second-order valence-electron chi connectivity index (χ2n) is 5.86. The molecule has 0 atom stereocenters. The van der Waals surface area contributed by atoms with Gasteiger partial charge >= 0.3 is 5.97 Å². The summed E-state index contributed by atoms with van der Waals surface area (Å²) in [5.41, 5.74) is 6.27. The number of amidine groups is 1. The molecule has 0 aliphatic carbocycles. The molecule has 0 amide bonds. The highest BCUT2D eigenvalue weighted by molar-refractivity contribution is 6.30. The number of carbonyl (C=O) groups is 1. The Morgan fingerprint density at radius 2 is 2.07 bits per heavy atom. The van der Waals surface area contributed by atoms with Crippen molar-refractivity contribution in [2.24, 2.45) is 5.16 Å². The van der Waals surface area contributed by atoms with Gasteiger partial charge in [-0.1, -0.05) is 16.8 Å². The average molecular weight is 410 g/mol. The zero-order chi connectivity index (χ0) is 20.3. The highest BCUT2D eigenvalue weighted by atomic mass is 35.5. The number of hydrogen-bond acceptors (Lipinski definition) is 10. The molecular weight excluding hydrogens is 394 g/mol. The number of nitro benzene ring substituents is 1. The number of nitrogens with two attached hydrogens (primary N) is 1. The summed E-state index contributed by atoms with van der Waals surface area (Å²) in [6, 6.07) is 4.54. The Labute approximate surface area is 163 Å². The molecule has 12 nitrogen and oxygen atoms in total. The Hall–Kier alpha value is -3.41. The van der Waals surface area contributed by atoms with Gasteiger partial charge in [-0.2, -0.15) is 0 Å². The van der Waals surface area contributed by atoms with Crippen LogP contribution in [0.3, 0.4) is 0 Å². The topological polar surface area (TPSA) is 153 Å². The van der Waals surface area contributed by atoms with Crippen LogP contribution in [0, 0.1) is 10.1 Å². The molecular formula is C15H16ClN7O5. The van der Waals surface area contributed by atoms with E-state index in [1.807, 2.05) is 4.90 Å². The van der Waals surface area contributed by atoms with E-state index in [9.17, 15) is 14.9 Å². The van der Waals surface area contributed by atoms with E-state index in [1.54, 1.807) is 17.0 Å². The molecule has 0 unspecified atom stereocenters.